The van der Waals surface area contributed by atoms with Gasteiger partial charge in [-0.3, -0.25) is 0 Å². The Morgan fingerprint density at radius 1 is 0.543 bits per heavy atom. The molecule has 0 nitrogen and oxygen atoms in total. The zero-order valence-electron chi connectivity index (χ0n) is 21.7. The Labute approximate surface area is 229 Å². The van der Waals surface area contributed by atoms with Crippen LogP contribution in [0.4, 0.5) is 0 Å². The first-order chi connectivity index (χ1) is 15.7. The summed E-state index contributed by atoms with van der Waals surface area (Å²) in [7, 11) is 0.194. The fraction of sp³-hybridized carbons (Fsp3) is 0.400. The van der Waals surface area contributed by atoms with Crippen LogP contribution in [0.2, 0.25) is 0 Å². The van der Waals surface area contributed by atoms with E-state index in [0.717, 1.165) is 0 Å². The molecule has 0 amide bonds. The molecular weight excluding hydrogens is 508 g/mol. The molecule has 4 aromatic carbocycles. The van der Waals surface area contributed by atoms with Crippen LogP contribution in [0, 0.1) is 0 Å². The number of fused-ring (bicyclic) bond motifs is 2. The minimum absolute atomic E-state index is 0. The van der Waals surface area contributed by atoms with Gasteiger partial charge in [0.25, 0.3) is 0 Å². The summed E-state index contributed by atoms with van der Waals surface area (Å²) in [6.07, 6.45) is 10.8. The van der Waals surface area contributed by atoms with E-state index in [1.807, 2.05) is 0 Å². The van der Waals surface area contributed by atoms with Crippen LogP contribution < -0.4 is 20.0 Å². The largest absolute Gasteiger partial charge is 4.00 e. The van der Waals surface area contributed by atoms with Gasteiger partial charge in [0.1, 0.15) is 0 Å². The number of rotatable bonds is 10. The third kappa shape index (κ3) is 9.82. The Kier molecular flexibility index (Phi) is 17.9. The number of hydrogen-bond donors (Lipinski definition) is 0. The second kappa shape index (κ2) is 18.4. The first-order valence-electron chi connectivity index (χ1n) is 12.5. The van der Waals surface area contributed by atoms with Crippen LogP contribution in [0.25, 0.3) is 21.5 Å². The maximum atomic E-state index is 2.41. The van der Waals surface area contributed by atoms with Gasteiger partial charge in [0.15, 0.2) is 0 Å². The second-order valence-electron chi connectivity index (χ2n) is 8.66. The van der Waals surface area contributed by atoms with Gasteiger partial charge in [-0.05, 0) is 24.6 Å². The van der Waals surface area contributed by atoms with Crippen LogP contribution >= 0.6 is 15.8 Å². The molecule has 0 fully saturated rings. The maximum absolute atomic E-state index is 2.41. The molecule has 0 aliphatic carbocycles. The molecule has 0 N–H and O–H groups in total. The standard InChI is InChI=1S/2C15H20P.2FH.Ti/c2*1-3-9-16(10-4-2)15-11-13-7-5-6-8-14(13)12-15;;;/h2*5-8,11-12H,3-4,9-10H2,1-2H3;2*1H;/q2*-1;;;+4/p-2. The van der Waals surface area contributed by atoms with Crippen molar-refractivity contribution in [2.45, 2.75) is 53.4 Å². The monoisotopic (exact) mass is 548 g/mol. The van der Waals surface area contributed by atoms with Gasteiger partial charge in [-0.25, -0.2) is 0 Å². The van der Waals surface area contributed by atoms with Crippen molar-refractivity contribution >= 4 is 48.0 Å². The summed E-state index contributed by atoms with van der Waals surface area (Å²) >= 11 is 0. The molecule has 0 unspecified atom stereocenters. The summed E-state index contributed by atoms with van der Waals surface area (Å²) in [6.45, 7) is 9.20. The molecule has 5 heteroatoms. The van der Waals surface area contributed by atoms with Gasteiger partial charge in [0.2, 0.25) is 0 Å². The quantitative estimate of drug-likeness (QED) is 0.163. The van der Waals surface area contributed by atoms with Crippen molar-refractivity contribution < 1.29 is 31.1 Å². The van der Waals surface area contributed by atoms with Crippen LogP contribution in [-0.4, -0.2) is 24.6 Å². The summed E-state index contributed by atoms with van der Waals surface area (Å²) < 4.78 is 0. The SMILES string of the molecule is CCCP(CCC)c1cc2ccccc2[cH-]1.CCCP(CCC)c1cc2ccccc2[cH-]1.[F-].[F-].[Ti+4]. The first-order valence-corrected chi connectivity index (χ1v) is 15.9. The molecule has 0 radical (unpaired) electrons. The number of benzene rings is 2. The third-order valence-corrected chi connectivity index (χ3v) is 11.8. The Balaban J connectivity index is 0.000000608. The summed E-state index contributed by atoms with van der Waals surface area (Å²) in [5.41, 5.74) is 0. The minimum Gasteiger partial charge on any atom is -1.00 e. The van der Waals surface area contributed by atoms with Crippen LogP contribution in [0.3, 0.4) is 0 Å². The average Bonchev–Trinajstić information content (AvgIpc) is 3.43. The van der Waals surface area contributed by atoms with E-state index in [2.05, 4.69) is 100 Å². The molecule has 0 bridgehead atoms. The average molecular weight is 548 g/mol. The zero-order valence-corrected chi connectivity index (χ0v) is 25.1. The smallest absolute Gasteiger partial charge is 1.00 e. The van der Waals surface area contributed by atoms with Crippen molar-refractivity contribution in [3.63, 3.8) is 0 Å². The van der Waals surface area contributed by atoms with Crippen LogP contribution in [-0.2, 0) is 21.7 Å². The molecule has 0 atom stereocenters. The van der Waals surface area contributed by atoms with E-state index < -0.39 is 0 Å². The van der Waals surface area contributed by atoms with E-state index >= 15 is 0 Å². The third-order valence-electron chi connectivity index (χ3n) is 5.91. The summed E-state index contributed by atoms with van der Waals surface area (Å²) in [5.74, 6) is 0. The molecule has 0 spiro atoms. The zero-order chi connectivity index (χ0) is 22.8. The Morgan fingerprint density at radius 2 is 0.857 bits per heavy atom. The van der Waals surface area contributed by atoms with Crippen molar-refractivity contribution in [1.29, 1.82) is 0 Å². The van der Waals surface area contributed by atoms with Gasteiger partial charge in [-0.1, -0.05) is 81.4 Å². The molecule has 0 heterocycles. The fourth-order valence-corrected chi connectivity index (χ4v) is 9.38. The molecule has 4 rings (SSSR count). The van der Waals surface area contributed by atoms with Crippen molar-refractivity contribution in [2.24, 2.45) is 0 Å². The van der Waals surface area contributed by atoms with Gasteiger partial charge < -0.3 is 9.41 Å². The summed E-state index contributed by atoms with van der Waals surface area (Å²) in [4.78, 5) is 0. The molecule has 0 saturated heterocycles. The summed E-state index contributed by atoms with van der Waals surface area (Å²) in [5, 5.41) is 8.88. The molecular formula is C30H40F2P2Ti. The van der Waals surface area contributed by atoms with Gasteiger partial charge in [-0.2, -0.15) is 12.1 Å². The van der Waals surface area contributed by atoms with Gasteiger partial charge >= 0.3 is 21.7 Å². The van der Waals surface area contributed by atoms with Crippen molar-refractivity contribution in [2.75, 3.05) is 24.6 Å². The van der Waals surface area contributed by atoms with Crippen molar-refractivity contribution in [3.8, 4) is 0 Å². The normalized spacial score (nSPS) is 10.5. The van der Waals surface area contributed by atoms with Crippen molar-refractivity contribution in [1.82, 2.24) is 0 Å². The van der Waals surface area contributed by atoms with E-state index in [9.17, 15) is 0 Å². The fourth-order valence-electron chi connectivity index (χ4n) is 4.45. The Morgan fingerprint density at radius 3 is 1.14 bits per heavy atom. The van der Waals surface area contributed by atoms with Gasteiger partial charge in [-0.15, -0.1) is 80.7 Å². The topological polar surface area (TPSA) is 0 Å². The predicted molar refractivity (Wildman–Crippen MR) is 153 cm³/mol. The van der Waals surface area contributed by atoms with Gasteiger partial charge in [0, 0.05) is 0 Å². The van der Waals surface area contributed by atoms with E-state index in [1.165, 1.54) is 71.9 Å². The first kappa shape index (κ1) is 34.1. The number of halogens is 2. The van der Waals surface area contributed by atoms with E-state index in [-0.39, 0.29) is 47.0 Å². The molecule has 35 heavy (non-hydrogen) atoms. The minimum atomic E-state index is 0. The molecule has 0 saturated carbocycles. The van der Waals surface area contributed by atoms with Crippen LogP contribution in [0.1, 0.15) is 53.4 Å². The Bertz CT molecular complexity index is 908. The molecule has 0 aromatic heterocycles. The van der Waals surface area contributed by atoms with Crippen molar-refractivity contribution in [3.05, 3.63) is 72.8 Å². The molecule has 0 aliphatic rings. The van der Waals surface area contributed by atoms with Crippen LogP contribution in [0.5, 0.6) is 0 Å². The second-order valence-corrected chi connectivity index (χ2v) is 13.6. The Hall–Kier alpha value is -0.906. The van der Waals surface area contributed by atoms with E-state index in [0.29, 0.717) is 0 Å². The van der Waals surface area contributed by atoms with Crippen LogP contribution in [0.15, 0.2) is 72.8 Å². The summed E-state index contributed by atoms with van der Waals surface area (Å²) in [6, 6.07) is 27.1. The van der Waals surface area contributed by atoms with E-state index in [1.54, 1.807) is 10.6 Å². The molecule has 188 valence electrons. The predicted octanol–water partition coefficient (Wildman–Crippen LogP) is 2.98. The number of hydrogen-bond acceptors (Lipinski definition) is 0. The maximum Gasteiger partial charge on any atom is 4.00 e. The van der Waals surface area contributed by atoms with Gasteiger partial charge in [0.05, 0.1) is 0 Å². The molecule has 4 aromatic rings. The van der Waals surface area contributed by atoms with E-state index in [4.69, 9.17) is 0 Å². The molecule has 0 aliphatic heterocycles.